The maximum absolute atomic E-state index is 12.5. The van der Waals surface area contributed by atoms with Gasteiger partial charge in [-0.2, -0.15) is 0 Å². The molecule has 36 heavy (non-hydrogen) atoms. The molecule has 1 fully saturated rings. The van der Waals surface area contributed by atoms with Crippen molar-refractivity contribution in [1.82, 2.24) is 10.3 Å². The van der Waals surface area contributed by atoms with Crippen LogP contribution in [0.2, 0.25) is 0 Å². The van der Waals surface area contributed by atoms with Crippen LogP contribution in [-0.2, 0) is 10.0 Å². The molecule has 1 saturated heterocycles. The maximum atomic E-state index is 12.5. The Labute approximate surface area is 213 Å². The smallest absolute Gasteiger partial charge is 0.235 e. The highest BCUT2D eigenvalue weighted by Gasteiger charge is 2.18. The van der Waals surface area contributed by atoms with Crippen LogP contribution in [-0.4, -0.2) is 50.9 Å². The Morgan fingerprint density at radius 3 is 2.31 bits per heavy atom. The van der Waals surface area contributed by atoms with Crippen molar-refractivity contribution in [1.29, 1.82) is 0 Å². The molecule has 1 aliphatic rings. The van der Waals surface area contributed by atoms with Crippen LogP contribution in [0, 0.1) is 0 Å². The third-order valence-electron chi connectivity index (χ3n) is 6.07. The second kappa shape index (κ2) is 10.8. The average molecular weight is 510 g/mol. The summed E-state index contributed by atoms with van der Waals surface area (Å²) in [5.74, 6) is 0.907. The highest BCUT2D eigenvalue weighted by atomic mass is 32.2. The SMILES string of the molecule is CC(C)Oc1cc(NS(=O)(=O)C(C)C)cc(-c2cc(-c3ccc(N4CCNCC4)cc3)cnc2N)c1. The normalized spacial score (nSPS) is 14.3. The van der Waals surface area contributed by atoms with Gasteiger partial charge in [0.05, 0.1) is 17.0 Å². The summed E-state index contributed by atoms with van der Waals surface area (Å²) >= 11 is 0. The van der Waals surface area contributed by atoms with E-state index < -0.39 is 15.3 Å². The van der Waals surface area contributed by atoms with Gasteiger partial charge in [0.1, 0.15) is 11.6 Å². The van der Waals surface area contributed by atoms with E-state index in [9.17, 15) is 8.42 Å². The lowest BCUT2D eigenvalue weighted by atomic mass is 10.00. The minimum Gasteiger partial charge on any atom is -0.491 e. The van der Waals surface area contributed by atoms with Crippen LogP contribution in [0.25, 0.3) is 22.3 Å². The zero-order valence-electron chi connectivity index (χ0n) is 21.3. The number of ether oxygens (including phenoxy) is 1. The van der Waals surface area contributed by atoms with E-state index >= 15 is 0 Å². The molecule has 0 radical (unpaired) electrons. The van der Waals surface area contributed by atoms with Crippen LogP contribution in [0.4, 0.5) is 17.2 Å². The van der Waals surface area contributed by atoms with E-state index in [0.717, 1.165) is 42.9 Å². The van der Waals surface area contributed by atoms with Gasteiger partial charge in [0.2, 0.25) is 10.0 Å². The van der Waals surface area contributed by atoms with Crippen LogP contribution in [0.15, 0.2) is 54.7 Å². The predicted octanol–water partition coefficient (Wildman–Crippen LogP) is 4.34. The summed E-state index contributed by atoms with van der Waals surface area (Å²) in [4.78, 5) is 6.81. The number of pyridine rings is 1. The first-order valence-corrected chi connectivity index (χ1v) is 13.8. The van der Waals surface area contributed by atoms with Crippen LogP contribution in [0.3, 0.4) is 0 Å². The Hall–Kier alpha value is -3.30. The number of hydrogen-bond donors (Lipinski definition) is 3. The molecule has 0 atom stereocenters. The summed E-state index contributed by atoms with van der Waals surface area (Å²) in [7, 11) is -3.53. The lowest BCUT2D eigenvalue weighted by Crippen LogP contribution is -2.43. The molecule has 0 saturated carbocycles. The number of piperazine rings is 1. The standard InChI is InChI=1S/C27H35N5O3S/c1-18(2)35-25-14-21(13-23(16-25)31-36(33,34)19(3)4)26-15-22(17-30-27(26)28)20-5-7-24(8-6-20)32-11-9-29-10-12-32/h5-8,13-19,29,31H,9-12H2,1-4H3,(H2,28,30). The van der Waals surface area contributed by atoms with Crippen LogP contribution in [0.5, 0.6) is 5.75 Å². The van der Waals surface area contributed by atoms with Crippen molar-refractivity contribution < 1.29 is 13.2 Å². The van der Waals surface area contributed by atoms with Gasteiger partial charge in [-0.15, -0.1) is 0 Å². The number of hydrogen-bond acceptors (Lipinski definition) is 7. The van der Waals surface area contributed by atoms with Gasteiger partial charge in [0, 0.05) is 55.3 Å². The van der Waals surface area contributed by atoms with Crippen molar-refractivity contribution in [2.75, 3.05) is 41.5 Å². The molecule has 3 aromatic rings. The van der Waals surface area contributed by atoms with E-state index in [0.29, 0.717) is 22.8 Å². The summed E-state index contributed by atoms with van der Waals surface area (Å²) in [5.41, 5.74) is 11.3. The number of nitrogen functional groups attached to an aromatic ring is 1. The van der Waals surface area contributed by atoms with E-state index in [-0.39, 0.29) is 6.10 Å². The molecule has 1 aliphatic heterocycles. The summed E-state index contributed by atoms with van der Waals surface area (Å²) in [5, 5.41) is 2.80. The van der Waals surface area contributed by atoms with Crippen molar-refractivity contribution in [3.63, 3.8) is 0 Å². The number of nitrogens with two attached hydrogens (primary N) is 1. The van der Waals surface area contributed by atoms with Gasteiger partial charge >= 0.3 is 0 Å². The highest BCUT2D eigenvalue weighted by molar-refractivity contribution is 7.93. The first-order valence-electron chi connectivity index (χ1n) is 12.3. The number of nitrogens with one attached hydrogen (secondary N) is 2. The number of benzene rings is 2. The average Bonchev–Trinajstić information content (AvgIpc) is 2.84. The van der Waals surface area contributed by atoms with E-state index in [1.165, 1.54) is 5.69 Å². The Bertz CT molecular complexity index is 1300. The molecule has 4 N–H and O–H groups in total. The van der Waals surface area contributed by atoms with Gasteiger partial charge in [-0.25, -0.2) is 13.4 Å². The third-order valence-corrected chi connectivity index (χ3v) is 7.83. The molecule has 1 aromatic heterocycles. The maximum Gasteiger partial charge on any atom is 0.235 e. The Morgan fingerprint density at radius 1 is 0.972 bits per heavy atom. The third kappa shape index (κ3) is 6.09. The molecule has 0 aliphatic carbocycles. The second-order valence-electron chi connectivity index (χ2n) is 9.55. The zero-order valence-corrected chi connectivity index (χ0v) is 22.1. The number of nitrogens with zero attached hydrogens (tertiary/aromatic N) is 2. The monoisotopic (exact) mass is 509 g/mol. The van der Waals surface area contributed by atoms with Crippen molar-refractivity contribution in [2.24, 2.45) is 0 Å². The van der Waals surface area contributed by atoms with E-state index in [1.54, 1.807) is 32.2 Å². The molecule has 8 nitrogen and oxygen atoms in total. The molecular weight excluding hydrogens is 474 g/mol. The van der Waals surface area contributed by atoms with Crippen molar-refractivity contribution in [3.8, 4) is 28.0 Å². The molecule has 0 unspecified atom stereocenters. The molecule has 0 bridgehead atoms. The van der Waals surface area contributed by atoms with E-state index in [2.05, 4.69) is 44.2 Å². The molecule has 0 amide bonds. The van der Waals surface area contributed by atoms with E-state index in [4.69, 9.17) is 10.5 Å². The fraction of sp³-hybridized carbons (Fsp3) is 0.370. The highest BCUT2D eigenvalue weighted by Crippen LogP contribution is 2.35. The number of rotatable bonds is 8. The fourth-order valence-corrected chi connectivity index (χ4v) is 4.77. The summed E-state index contributed by atoms with van der Waals surface area (Å²) in [6, 6.07) is 15.7. The van der Waals surface area contributed by atoms with E-state index in [1.807, 2.05) is 26.0 Å². The van der Waals surface area contributed by atoms with Crippen molar-refractivity contribution in [3.05, 3.63) is 54.7 Å². The minimum atomic E-state index is -3.53. The van der Waals surface area contributed by atoms with Gasteiger partial charge in [-0.1, -0.05) is 12.1 Å². The van der Waals surface area contributed by atoms with Crippen molar-refractivity contribution >= 4 is 27.2 Å². The van der Waals surface area contributed by atoms with Crippen LogP contribution < -0.4 is 25.4 Å². The summed E-state index contributed by atoms with van der Waals surface area (Å²) in [6.45, 7) is 11.1. The quantitative estimate of drug-likeness (QED) is 0.414. The van der Waals surface area contributed by atoms with Gasteiger partial charge in [-0.3, -0.25) is 4.72 Å². The molecule has 192 valence electrons. The lowest BCUT2D eigenvalue weighted by Gasteiger charge is -2.29. The summed E-state index contributed by atoms with van der Waals surface area (Å²) in [6.07, 6.45) is 1.68. The largest absolute Gasteiger partial charge is 0.491 e. The van der Waals surface area contributed by atoms with Crippen LogP contribution in [0.1, 0.15) is 27.7 Å². The second-order valence-corrected chi connectivity index (χ2v) is 11.8. The topological polar surface area (TPSA) is 110 Å². The zero-order chi connectivity index (χ0) is 25.9. The number of sulfonamides is 1. The Kier molecular flexibility index (Phi) is 7.70. The van der Waals surface area contributed by atoms with Gasteiger partial charge in [-0.05, 0) is 69.2 Å². The lowest BCUT2D eigenvalue weighted by molar-refractivity contribution is 0.242. The molecular formula is C27H35N5O3S. The fourth-order valence-electron chi connectivity index (χ4n) is 4.09. The van der Waals surface area contributed by atoms with Crippen LogP contribution >= 0.6 is 0 Å². The number of anilines is 3. The molecule has 9 heteroatoms. The Morgan fingerprint density at radius 2 is 1.67 bits per heavy atom. The molecule has 2 heterocycles. The first-order chi connectivity index (χ1) is 17.1. The molecule has 4 rings (SSSR count). The first kappa shape index (κ1) is 25.8. The Balaban J connectivity index is 1.70. The molecule has 0 spiro atoms. The predicted molar refractivity (Wildman–Crippen MR) is 148 cm³/mol. The van der Waals surface area contributed by atoms with Gasteiger partial charge in [0.25, 0.3) is 0 Å². The van der Waals surface area contributed by atoms with Gasteiger partial charge in [0.15, 0.2) is 0 Å². The number of aromatic nitrogens is 1. The summed E-state index contributed by atoms with van der Waals surface area (Å²) < 4.78 is 33.6. The van der Waals surface area contributed by atoms with Crippen molar-refractivity contribution in [2.45, 2.75) is 39.0 Å². The molecule has 2 aromatic carbocycles. The minimum absolute atomic E-state index is 0.0780. The van der Waals surface area contributed by atoms with Gasteiger partial charge < -0.3 is 20.7 Å².